The van der Waals surface area contributed by atoms with Crippen LogP contribution in [0.5, 0.6) is 5.75 Å². The van der Waals surface area contributed by atoms with Gasteiger partial charge in [0.15, 0.2) is 0 Å². The first kappa shape index (κ1) is 21.8. The molecule has 2 aliphatic rings. The van der Waals surface area contributed by atoms with Gasteiger partial charge in [-0.3, -0.25) is 9.89 Å². The van der Waals surface area contributed by atoms with Crippen LogP contribution in [0.3, 0.4) is 0 Å². The number of halogens is 1. The molecular weight excluding hydrogens is 488 g/mol. The van der Waals surface area contributed by atoms with Crippen LogP contribution in [0.4, 0.5) is 4.79 Å². The van der Waals surface area contributed by atoms with Crippen LogP contribution in [0.25, 0.3) is 10.9 Å². The minimum atomic E-state index is -0.455. The lowest BCUT2D eigenvalue weighted by molar-refractivity contribution is -0.0233. The predicted molar refractivity (Wildman–Crippen MR) is 126 cm³/mol. The molecule has 2 amide bonds. The number of rotatable bonds is 3. The van der Waals surface area contributed by atoms with Crippen LogP contribution in [0.15, 0.2) is 47.1 Å². The first-order chi connectivity index (χ1) is 16.0. The van der Waals surface area contributed by atoms with E-state index in [0.29, 0.717) is 44.5 Å². The van der Waals surface area contributed by atoms with E-state index in [1.54, 1.807) is 18.0 Å². The highest BCUT2D eigenvalue weighted by molar-refractivity contribution is 9.10. The fourth-order valence-corrected chi connectivity index (χ4v) is 5.17. The van der Waals surface area contributed by atoms with E-state index in [0.717, 1.165) is 26.7 Å². The summed E-state index contributed by atoms with van der Waals surface area (Å²) in [5, 5.41) is 11.0. The van der Waals surface area contributed by atoms with Gasteiger partial charge in [-0.25, -0.2) is 4.79 Å². The number of hydrogen-bond donors (Lipinski definition) is 2. The predicted octanol–water partition coefficient (Wildman–Crippen LogP) is 4.57. The SMILES string of the molecule is CCOC(=O)N1CCC2(CC1)C[C@H](NC(=O)c1cccc3[nH]ncc13)c1cc(Br)ccc1O2. The van der Waals surface area contributed by atoms with Gasteiger partial charge in [0.25, 0.3) is 5.91 Å². The van der Waals surface area contributed by atoms with Crippen molar-refractivity contribution in [1.82, 2.24) is 20.4 Å². The molecule has 8 nitrogen and oxygen atoms in total. The Labute approximate surface area is 199 Å². The number of aromatic amines is 1. The molecule has 1 atom stereocenters. The molecule has 1 aromatic heterocycles. The fourth-order valence-electron chi connectivity index (χ4n) is 4.79. The number of piperidine rings is 1. The maximum absolute atomic E-state index is 13.3. The van der Waals surface area contributed by atoms with Crippen LogP contribution in [0.2, 0.25) is 0 Å². The molecule has 5 rings (SSSR count). The number of nitrogens with zero attached hydrogens (tertiary/aromatic N) is 2. The van der Waals surface area contributed by atoms with Gasteiger partial charge >= 0.3 is 6.09 Å². The highest BCUT2D eigenvalue weighted by atomic mass is 79.9. The van der Waals surface area contributed by atoms with E-state index in [1.165, 1.54) is 0 Å². The van der Waals surface area contributed by atoms with Crippen molar-refractivity contribution in [2.75, 3.05) is 19.7 Å². The Morgan fingerprint density at radius 2 is 2.12 bits per heavy atom. The Hall–Kier alpha value is -3.07. The Kier molecular flexibility index (Phi) is 5.74. The van der Waals surface area contributed by atoms with Gasteiger partial charge in [-0.2, -0.15) is 5.10 Å². The normalized spacial score (nSPS) is 19.1. The van der Waals surface area contributed by atoms with E-state index in [2.05, 4.69) is 31.4 Å². The zero-order chi connectivity index (χ0) is 23.0. The summed E-state index contributed by atoms with van der Waals surface area (Å²) in [4.78, 5) is 27.2. The number of benzene rings is 2. The first-order valence-corrected chi connectivity index (χ1v) is 11.9. The second-order valence-corrected chi connectivity index (χ2v) is 9.44. The molecule has 0 saturated carbocycles. The molecule has 172 valence electrons. The summed E-state index contributed by atoms with van der Waals surface area (Å²) in [6.45, 7) is 3.27. The Balaban J connectivity index is 1.41. The number of amides is 2. The summed E-state index contributed by atoms with van der Waals surface area (Å²) in [7, 11) is 0. The van der Waals surface area contributed by atoms with Gasteiger partial charge in [0.2, 0.25) is 0 Å². The molecule has 3 aromatic rings. The lowest BCUT2D eigenvalue weighted by atomic mass is 9.80. The third kappa shape index (κ3) is 4.17. The molecule has 2 N–H and O–H groups in total. The van der Waals surface area contributed by atoms with Crippen LogP contribution in [-0.4, -0.2) is 52.4 Å². The van der Waals surface area contributed by atoms with E-state index in [4.69, 9.17) is 9.47 Å². The van der Waals surface area contributed by atoms with Gasteiger partial charge in [0.1, 0.15) is 11.4 Å². The number of H-pyrrole nitrogens is 1. The molecule has 1 fully saturated rings. The summed E-state index contributed by atoms with van der Waals surface area (Å²) < 4.78 is 12.6. The summed E-state index contributed by atoms with van der Waals surface area (Å²) in [6.07, 6.45) is 3.35. The van der Waals surface area contributed by atoms with Crippen LogP contribution in [0.1, 0.15) is 48.1 Å². The Bertz CT molecular complexity index is 1200. The van der Waals surface area contributed by atoms with Crippen molar-refractivity contribution in [2.24, 2.45) is 0 Å². The molecule has 33 heavy (non-hydrogen) atoms. The zero-order valence-electron chi connectivity index (χ0n) is 18.3. The molecule has 9 heteroatoms. The Morgan fingerprint density at radius 3 is 2.91 bits per heavy atom. The van der Waals surface area contributed by atoms with Gasteiger partial charge in [-0.1, -0.05) is 22.0 Å². The van der Waals surface area contributed by atoms with Gasteiger partial charge in [0.05, 0.1) is 29.9 Å². The third-order valence-corrected chi connectivity index (χ3v) is 6.98. The maximum Gasteiger partial charge on any atom is 0.409 e. The van der Waals surface area contributed by atoms with Crippen molar-refractivity contribution in [2.45, 2.75) is 37.8 Å². The minimum Gasteiger partial charge on any atom is -0.487 e. The topological polar surface area (TPSA) is 96.6 Å². The number of nitrogens with one attached hydrogen (secondary N) is 2. The largest absolute Gasteiger partial charge is 0.487 e. The van der Waals surface area contributed by atoms with Crippen molar-refractivity contribution in [3.05, 3.63) is 58.2 Å². The number of likely N-dealkylation sites (tertiary alicyclic amines) is 1. The summed E-state index contributed by atoms with van der Waals surface area (Å²) in [5.41, 5.74) is 1.88. The molecule has 0 radical (unpaired) electrons. The van der Waals surface area contributed by atoms with E-state index < -0.39 is 5.60 Å². The summed E-state index contributed by atoms with van der Waals surface area (Å²) in [6, 6.07) is 11.2. The van der Waals surface area contributed by atoms with E-state index >= 15 is 0 Å². The van der Waals surface area contributed by atoms with Gasteiger partial charge in [-0.15, -0.1) is 0 Å². The summed E-state index contributed by atoms with van der Waals surface area (Å²) in [5.74, 6) is 0.611. The van der Waals surface area contributed by atoms with Crippen LogP contribution >= 0.6 is 15.9 Å². The monoisotopic (exact) mass is 512 g/mol. The quantitative estimate of drug-likeness (QED) is 0.535. The highest BCUT2D eigenvalue weighted by Gasteiger charge is 2.44. The zero-order valence-corrected chi connectivity index (χ0v) is 19.9. The van der Waals surface area contributed by atoms with Crippen LogP contribution in [-0.2, 0) is 4.74 Å². The van der Waals surface area contributed by atoms with Crippen molar-refractivity contribution >= 4 is 38.8 Å². The minimum absolute atomic E-state index is 0.154. The second kappa shape index (κ2) is 8.70. The van der Waals surface area contributed by atoms with E-state index in [-0.39, 0.29) is 18.0 Å². The molecule has 2 aromatic carbocycles. The smallest absolute Gasteiger partial charge is 0.409 e. The standard InChI is InChI=1S/C24H25BrN4O4/c1-2-32-23(31)29-10-8-24(9-11-29)13-20(17-12-15(25)6-7-21(17)33-24)27-22(30)16-4-3-5-19-18(16)14-26-28-19/h3-7,12,14,20H,2,8-11,13H2,1H3,(H,26,28)(H,27,30)/t20-/m0/s1. The number of hydrogen-bond acceptors (Lipinski definition) is 5. The number of aromatic nitrogens is 2. The molecule has 1 spiro atoms. The average molecular weight is 513 g/mol. The second-order valence-electron chi connectivity index (χ2n) is 8.52. The number of carbonyl (C=O) groups excluding carboxylic acids is 2. The maximum atomic E-state index is 13.3. The number of carbonyl (C=O) groups is 2. The molecule has 0 unspecified atom stereocenters. The average Bonchev–Trinajstić information content (AvgIpc) is 3.29. The molecule has 3 heterocycles. The molecule has 0 aliphatic carbocycles. The number of ether oxygens (including phenoxy) is 2. The lowest BCUT2D eigenvalue weighted by Gasteiger charge is -2.46. The number of fused-ring (bicyclic) bond motifs is 2. The third-order valence-electron chi connectivity index (χ3n) is 6.49. The van der Waals surface area contributed by atoms with Crippen LogP contribution < -0.4 is 10.1 Å². The highest BCUT2D eigenvalue weighted by Crippen LogP contribution is 2.45. The van der Waals surface area contributed by atoms with Crippen molar-refractivity contribution in [3.8, 4) is 5.75 Å². The Morgan fingerprint density at radius 1 is 1.30 bits per heavy atom. The van der Waals surface area contributed by atoms with Gasteiger partial charge < -0.3 is 19.7 Å². The molecular formula is C24H25BrN4O4. The summed E-state index contributed by atoms with van der Waals surface area (Å²) >= 11 is 3.54. The van der Waals surface area contributed by atoms with Crippen molar-refractivity contribution in [3.63, 3.8) is 0 Å². The van der Waals surface area contributed by atoms with E-state index in [1.807, 2.05) is 36.4 Å². The first-order valence-electron chi connectivity index (χ1n) is 11.1. The fraction of sp³-hybridized carbons (Fsp3) is 0.375. The van der Waals surface area contributed by atoms with Crippen molar-refractivity contribution < 1.29 is 19.1 Å². The van der Waals surface area contributed by atoms with E-state index in [9.17, 15) is 9.59 Å². The van der Waals surface area contributed by atoms with Crippen LogP contribution in [0, 0.1) is 0 Å². The molecule has 0 bridgehead atoms. The van der Waals surface area contributed by atoms with Gasteiger partial charge in [0, 0.05) is 47.8 Å². The van der Waals surface area contributed by atoms with Gasteiger partial charge in [-0.05, 0) is 37.3 Å². The molecule has 2 aliphatic heterocycles. The van der Waals surface area contributed by atoms with Crippen molar-refractivity contribution in [1.29, 1.82) is 0 Å². The molecule has 1 saturated heterocycles. The lowest BCUT2D eigenvalue weighted by Crippen LogP contribution is -2.53.